The monoisotopic (exact) mass is 464 g/mol. The van der Waals surface area contributed by atoms with Crippen LogP contribution < -0.4 is 19.1 Å². The number of thiazole rings is 1. The molecule has 3 rings (SSSR count). The molecule has 0 bridgehead atoms. The molecule has 0 saturated carbocycles. The van der Waals surface area contributed by atoms with Crippen molar-refractivity contribution in [3.63, 3.8) is 0 Å². The van der Waals surface area contributed by atoms with Gasteiger partial charge in [0, 0.05) is 29.1 Å². The van der Waals surface area contributed by atoms with E-state index >= 15 is 0 Å². The highest BCUT2D eigenvalue weighted by Gasteiger charge is 2.28. The van der Waals surface area contributed by atoms with Gasteiger partial charge in [-0.25, -0.2) is 17.7 Å². The second-order valence-electron chi connectivity index (χ2n) is 6.20. The number of sulfonamides is 1. The largest absolute Gasteiger partial charge is 0.493 e. The normalized spacial score (nSPS) is 11.2. The number of ether oxygens (including phenoxy) is 2. The van der Waals surface area contributed by atoms with E-state index in [9.17, 15) is 18.5 Å². The average Bonchev–Trinajstić information content (AvgIpc) is 3.26. The zero-order valence-corrected chi connectivity index (χ0v) is 18.6. The number of anilines is 1. The first-order valence-electron chi connectivity index (χ1n) is 8.91. The Morgan fingerprint density at radius 1 is 1.16 bits per heavy atom. The number of hydrogen-bond donors (Lipinski definition) is 1. The molecular formula is C19H20N4O6S2. The summed E-state index contributed by atoms with van der Waals surface area (Å²) >= 11 is 1.12. The van der Waals surface area contributed by atoms with Crippen LogP contribution in [-0.2, 0) is 10.0 Å². The lowest BCUT2D eigenvalue weighted by Crippen LogP contribution is -2.37. The van der Waals surface area contributed by atoms with E-state index in [2.05, 4.69) is 10.3 Å². The molecule has 0 saturated heterocycles. The molecule has 2 aromatic carbocycles. The quantitative estimate of drug-likeness (QED) is 0.291. The van der Waals surface area contributed by atoms with Gasteiger partial charge in [0.05, 0.1) is 36.4 Å². The smallest absolute Gasteiger partial charge is 0.270 e. The van der Waals surface area contributed by atoms with Gasteiger partial charge in [0.1, 0.15) is 0 Å². The van der Waals surface area contributed by atoms with Crippen LogP contribution in [0.4, 0.5) is 10.8 Å². The van der Waals surface area contributed by atoms with Gasteiger partial charge in [-0.3, -0.25) is 10.1 Å². The fourth-order valence-corrected chi connectivity index (χ4v) is 5.25. The molecule has 0 radical (unpaired) electrons. The van der Waals surface area contributed by atoms with E-state index in [0.717, 1.165) is 15.6 Å². The lowest BCUT2D eigenvalue weighted by Gasteiger charge is -2.21. The zero-order valence-electron chi connectivity index (χ0n) is 16.9. The Morgan fingerprint density at radius 3 is 2.55 bits per heavy atom. The third kappa shape index (κ3) is 4.60. The molecule has 0 atom stereocenters. The number of rotatable bonds is 9. The van der Waals surface area contributed by atoms with Gasteiger partial charge in [0.15, 0.2) is 11.5 Å². The number of methoxy groups -OCH3 is 2. The SMILES string of the molecule is CNCN(c1nc(-c2cccc([N+](=O)[O-])c2)cs1)S(=O)(=O)c1ccc(OC)c(OC)c1. The molecule has 0 aliphatic rings. The van der Waals surface area contributed by atoms with E-state index < -0.39 is 14.9 Å². The van der Waals surface area contributed by atoms with Crippen LogP contribution in [0.1, 0.15) is 0 Å². The van der Waals surface area contributed by atoms with Gasteiger partial charge in [-0.05, 0) is 19.2 Å². The Morgan fingerprint density at radius 2 is 1.90 bits per heavy atom. The predicted molar refractivity (Wildman–Crippen MR) is 117 cm³/mol. The van der Waals surface area contributed by atoms with Gasteiger partial charge < -0.3 is 14.8 Å². The lowest BCUT2D eigenvalue weighted by molar-refractivity contribution is -0.384. The highest BCUT2D eigenvalue weighted by atomic mass is 32.2. The molecule has 0 spiro atoms. The number of hydrogen-bond acceptors (Lipinski definition) is 9. The molecule has 10 nitrogen and oxygen atoms in total. The fraction of sp³-hybridized carbons (Fsp3) is 0.211. The molecule has 0 aliphatic heterocycles. The third-order valence-corrected chi connectivity index (χ3v) is 7.01. The van der Waals surface area contributed by atoms with Crippen molar-refractivity contribution in [2.75, 3.05) is 32.2 Å². The molecule has 1 heterocycles. The molecule has 31 heavy (non-hydrogen) atoms. The van der Waals surface area contributed by atoms with Crippen molar-refractivity contribution in [2.45, 2.75) is 4.90 Å². The third-order valence-electron chi connectivity index (χ3n) is 4.30. The summed E-state index contributed by atoms with van der Waals surface area (Å²) < 4.78 is 38.2. The molecule has 1 aromatic heterocycles. The van der Waals surface area contributed by atoms with Gasteiger partial charge in [0.2, 0.25) is 5.13 Å². The van der Waals surface area contributed by atoms with E-state index in [1.807, 2.05) is 0 Å². The van der Waals surface area contributed by atoms with Crippen molar-refractivity contribution >= 4 is 32.2 Å². The first kappa shape index (κ1) is 22.5. The van der Waals surface area contributed by atoms with E-state index in [1.54, 1.807) is 24.6 Å². The molecule has 0 fully saturated rings. The summed E-state index contributed by atoms with van der Waals surface area (Å²) in [6, 6.07) is 10.3. The van der Waals surface area contributed by atoms with Crippen LogP contribution in [0.3, 0.4) is 0 Å². The number of nitro groups is 1. The number of nitrogens with one attached hydrogen (secondary N) is 1. The van der Waals surface area contributed by atoms with Crippen LogP contribution >= 0.6 is 11.3 Å². The molecule has 0 unspecified atom stereocenters. The first-order chi connectivity index (χ1) is 14.8. The standard InChI is InChI=1S/C19H20N4O6S2/c1-20-12-22(31(26,27)15-7-8-17(28-2)18(10-15)29-3)19-21-16(11-30-19)13-5-4-6-14(9-13)23(24)25/h4-11,20H,12H2,1-3H3. The number of non-ortho nitro benzene ring substituents is 1. The molecule has 1 N–H and O–H groups in total. The van der Waals surface area contributed by atoms with Gasteiger partial charge in [-0.1, -0.05) is 12.1 Å². The fourth-order valence-electron chi connectivity index (χ4n) is 2.79. The summed E-state index contributed by atoms with van der Waals surface area (Å²) in [6.45, 7) is -0.0292. The molecule has 0 aliphatic carbocycles. The Bertz CT molecular complexity index is 1200. The minimum absolute atomic E-state index is 0.00694. The van der Waals surface area contributed by atoms with Crippen molar-refractivity contribution in [1.82, 2.24) is 10.3 Å². The molecule has 0 amide bonds. The highest BCUT2D eigenvalue weighted by molar-refractivity contribution is 7.93. The number of nitro benzene ring substituents is 1. The minimum atomic E-state index is -3.99. The van der Waals surface area contributed by atoms with Crippen molar-refractivity contribution < 1.29 is 22.8 Å². The molecule has 3 aromatic rings. The zero-order chi connectivity index (χ0) is 22.6. The van der Waals surface area contributed by atoms with Gasteiger partial charge in [-0.2, -0.15) is 0 Å². The van der Waals surface area contributed by atoms with Crippen LogP contribution in [0.25, 0.3) is 11.3 Å². The molecule has 12 heteroatoms. The number of nitrogens with zero attached hydrogens (tertiary/aromatic N) is 3. The maximum Gasteiger partial charge on any atom is 0.270 e. The topological polar surface area (TPSA) is 124 Å². The summed E-state index contributed by atoms with van der Waals surface area (Å²) in [7, 11) is 0.513. The average molecular weight is 465 g/mol. The van der Waals surface area contributed by atoms with Gasteiger partial charge in [-0.15, -0.1) is 11.3 Å². The van der Waals surface area contributed by atoms with E-state index in [-0.39, 0.29) is 28.1 Å². The van der Waals surface area contributed by atoms with Crippen LogP contribution in [0.2, 0.25) is 0 Å². The second-order valence-corrected chi connectivity index (χ2v) is 8.90. The predicted octanol–water partition coefficient (Wildman–Crippen LogP) is 3.11. The van der Waals surface area contributed by atoms with Crippen LogP contribution in [0.5, 0.6) is 11.5 Å². The summed E-state index contributed by atoms with van der Waals surface area (Å²) in [6.07, 6.45) is 0. The maximum absolute atomic E-state index is 13.3. The summed E-state index contributed by atoms with van der Waals surface area (Å²) in [4.78, 5) is 15.0. The van der Waals surface area contributed by atoms with Crippen molar-refractivity contribution in [3.8, 4) is 22.8 Å². The highest BCUT2D eigenvalue weighted by Crippen LogP contribution is 2.34. The summed E-state index contributed by atoms with van der Waals surface area (Å²) in [5.41, 5.74) is 0.883. The van der Waals surface area contributed by atoms with Gasteiger partial charge in [0.25, 0.3) is 15.7 Å². The minimum Gasteiger partial charge on any atom is -0.493 e. The van der Waals surface area contributed by atoms with Crippen LogP contribution in [0.15, 0.2) is 52.7 Å². The van der Waals surface area contributed by atoms with Crippen molar-refractivity contribution in [1.29, 1.82) is 0 Å². The summed E-state index contributed by atoms with van der Waals surface area (Å²) in [5, 5.41) is 15.7. The Labute approximate surface area is 183 Å². The van der Waals surface area contributed by atoms with Crippen LogP contribution in [0, 0.1) is 10.1 Å². The molecular weight excluding hydrogens is 444 g/mol. The van der Waals surface area contributed by atoms with Gasteiger partial charge >= 0.3 is 0 Å². The van der Waals surface area contributed by atoms with E-state index in [4.69, 9.17) is 9.47 Å². The van der Waals surface area contributed by atoms with Crippen LogP contribution in [-0.4, -0.2) is 46.3 Å². The van der Waals surface area contributed by atoms with Crippen molar-refractivity contribution in [2.24, 2.45) is 0 Å². The number of aromatic nitrogens is 1. The Hall–Kier alpha value is -3.22. The Kier molecular flexibility index (Phi) is 6.73. The van der Waals surface area contributed by atoms with E-state index in [0.29, 0.717) is 17.0 Å². The number of benzene rings is 2. The van der Waals surface area contributed by atoms with E-state index in [1.165, 1.54) is 44.6 Å². The van der Waals surface area contributed by atoms with Crippen molar-refractivity contribution in [3.05, 3.63) is 58.0 Å². The summed E-state index contributed by atoms with van der Waals surface area (Å²) in [5.74, 6) is 0.688. The second kappa shape index (κ2) is 9.29. The Balaban J connectivity index is 2.01. The molecule has 164 valence electrons. The first-order valence-corrected chi connectivity index (χ1v) is 11.2. The maximum atomic E-state index is 13.3. The lowest BCUT2D eigenvalue weighted by atomic mass is 10.1.